The van der Waals surface area contributed by atoms with Gasteiger partial charge in [-0.15, -0.1) is 5.10 Å². The molecule has 162 valence electrons. The average Bonchev–Trinajstić information content (AvgIpc) is 3.08. The predicted octanol–water partition coefficient (Wildman–Crippen LogP) is 2.35. The van der Waals surface area contributed by atoms with Gasteiger partial charge in [0.2, 0.25) is 10.0 Å². The second kappa shape index (κ2) is 8.52. The molecule has 0 aliphatic rings. The van der Waals surface area contributed by atoms with Crippen LogP contribution in [0, 0.1) is 17.0 Å². The molecule has 31 heavy (non-hydrogen) atoms. The van der Waals surface area contributed by atoms with Crippen LogP contribution < -0.4 is 10.0 Å². The molecule has 0 fully saturated rings. The largest absolute Gasteiger partial charge is 0.344 e. The number of nitrogens with zero attached hydrogens (tertiary/aromatic N) is 4. The van der Waals surface area contributed by atoms with Crippen LogP contribution in [0.4, 0.5) is 11.4 Å². The van der Waals surface area contributed by atoms with Gasteiger partial charge in [0, 0.05) is 17.8 Å². The maximum Gasteiger partial charge on any atom is 0.274 e. The standard InChI is InChI=1S/C19H20N6O5S/c1-12(14-6-4-7-15(10-14)22-31(3,29)30)20-19(26)18-13(2)24(23-21-18)16-8-5-9-17(11-16)25(27)28/h4-12,22H,1-3H3,(H,20,26). The Balaban J connectivity index is 1.80. The fourth-order valence-corrected chi connectivity index (χ4v) is 3.51. The molecule has 3 rings (SSSR count). The van der Waals surface area contributed by atoms with E-state index in [1.807, 2.05) is 0 Å². The monoisotopic (exact) mass is 444 g/mol. The van der Waals surface area contributed by atoms with Crippen molar-refractivity contribution in [3.05, 3.63) is 75.6 Å². The molecule has 0 saturated carbocycles. The first kappa shape index (κ1) is 21.9. The molecule has 0 aliphatic carbocycles. The second-order valence-corrected chi connectivity index (χ2v) is 8.66. The van der Waals surface area contributed by atoms with Gasteiger partial charge in [0.25, 0.3) is 11.6 Å². The van der Waals surface area contributed by atoms with Crippen LogP contribution in [-0.2, 0) is 10.0 Å². The van der Waals surface area contributed by atoms with E-state index >= 15 is 0 Å². The van der Waals surface area contributed by atoms with Crippen molar-refractivity contribution in [2.24, 2.45) is 0 Å². The van der Waals surface area contributed by atoms with Gasteiger partial charge in [-0.25, -0.2) is 13.1 Å². The smallest absolute Gasteiger partial charge is 0.274 e. The summed E-state index contributed by atoms with van der Waals surface area (Å²) in [7, 11) is -3.42. The maximum atomic E-state index is 12.7. The predicted molar refractivity (Wildman–Crippen MR) is 114 cm³/mol. The summed E-state index contributed by atoms with van der Waals surface area (Å²) < 4.78 is 26.6. The van der Waals surface area contributed by atoms with E-state index in [9.17, 15) is 23.3 Å². The van der Waals surface area contributed by atoms with Crippen molar-refractivity contribution in [1.29, 1.82) is 0 Å². The Morgan fingerprint density at radius 3 is 2.58 bits per heavy atom. The molecule has 3 aromatic rings. The van der Waals surface area contributed by atoms with E-state index in [2.05, 4.69) is 20.4 Å². The Bertz CT molecular complexity index is 1250. The SMILES string of the molecule is Cc1c(C(=O)NC(C)c2cccc(NS(C)(=O)=O)c2)nnn1-c1cccc([N+](=O)[O-])c1. The molecule has 0 spiro atoms. The summed E-state index contributed by atoms with van der Waals surface area (Å²) in [6, 6.07) is 12.1. The minimum Gasteiger partial charge on any atom is -0.344 e. The number of carbonyl (C=O) groups excluding carboxylic acids is 1. The molecule has 1 unspecified atom stereocenters. The Morgan fingerprint density at radius 2 is 1.90 bits per heavy atom. The van der Waals surface area contributed by atoms with E-state index in [1.54, 1.807) is 44.2 Å². The number of hydrogen-bond donors (Lipinski definition) is 2. The van der Waals surface area contributed by atoms with E-state index in [-0.39, 0.29) is 11.4 Å². The molecule has 0 bridgehead atoms. The minimum atomic E-state index is -3.42. The molecule has 1 aromatic heterocycles. The fourth-order valence-electron chi connectivity index (χ4n) is 2.96. The third-order valence-electron chi connectivity index (χ3n) is 4.43. The van der Waals surface area contributed by atoms with Gasteiger partial charge < -0.3 is 5.32 Å². The minimum absolute atomic E-state index is 0.0729. The number of carbonyl (C=O) groups is 1. The Kier molecular flexibility index (Phi) is 6.02. The van der Waals surface area contributed by atoms with Crippen LogP contribution in [0.2, 0.25) is 0 Å². The Hall–Kier alpha value is -3.80. The van der Waals surface area contributed by atoms with Crippen molar-refractivity contribution in [2.45, 2.75) is 19.9 Å². The number of nitro benzene ring substituents is 1. The molecule has 2 aromatic carbocycles. The molecule has 12 heteroatoms. The van der Waals surface area contributed by atoms with Crippen molar-refractivity contribution in [1.82, 2.24) is 20.3 Å². The summed E-state index contributed by atoms with van der Waals surface area (Å²) in [6.45, 7) is 3.38. The highest BCUT2D eigenvalue weighted by Crippen LogP contribution is 2.21. The zero-order chi connectivity index (χ0) is 22.8. The van der Waals surface area contributed by atoms with E-state index in [1.165, 1.54) is 22.9 Å². The van der Waals surface area contributed by atoms with E-state index in [0.29, 0.717) is 22.6 Å². The van der Waals surface area contributed by atoms with Crippen LogP contribution in [0.25, 0.3) is 5.69 Å². The van der Waals surface area contributed by atoms with Gasteiger partial charge in [-0.3, -0.25) is 19.6 Å². The van der Waals surface area contributed by atoms with Crippen LogP contribution in [-0.4, -0.2) is 40.5 Å². The first-order chi connectivity index (χ1) is 14.5. The molecule has 0 aliphatic heterocycles. The zero-order valence-electron chi connectivity index (χ0n) is 16.9. The van der Waals surface area contributed by atoms with Crippen LogP contribution in [0.5, 0.6) is 0 Å². The number of aromatic nitrogens is 3. The maximum absolute atomic E-state index is 12.7. The first-order valence-corrected chi connectivity index (χ1v) is 11.0. The lowest BCUT2D eigenvalue weighted by Crippen LogP contribution is -2.27. The molecule has 11 nitrogen and oxygen atoms in total. The van der Waals surface area contributed by atoms with Gasteiger partial charge in [-0.1, -0.05) is 23.4 Å². The summed E-state index contributed by atoms with van der Waals surface area (Å²) in [4.78, 5) is 23.2. The molecule has 1 heterocycles. The van der Waals surface area contributed by atoms with Crippen LogP contribution >= 0.6 is 0 Å². The summed E-state index contributed by atoms with van der Waals surface area (Å²) in [6.07, 6.45) is 1.05. The number of non-ortho nitro benzene ring substituents is 1. The third kappa shape index (κ3) is 5.22. The van der Waals surface area contributed by atoms with Crippen molar-refractivity contribution < 1.29 is 18.1 Å². The number of hydrogen-bond acceptors (Lipinski definition) is 7. The lowest BCUT2D eigenvalue weighted by atomic mass is 10.1. The third-order valence-corrected chi connectivity index (χ3v) is 5.04. The van der Waals surface area contributed by atoms with Crippen molar-refractivity contribution in [3.8, 4) is 5.69 Å². The Morgan fingerprint density at radius 1 is 1.19 bits per heavy atom. The number of nitrogens with one attached hydrogen (secondary N) is 2. The van der Waals surface area contributed by atoms with Crippen molar-refractivity contribution in [3.63, 3.8) is 0 Å². The van der Waals surface area contributed by atoms with Gasteiger partial charge in [-0.2, -0.15) is 0 Å². The lowest BCUT2D eigenvalue weighted by molar-refractivity contribution is -0.384. The molecule has 1 atom stereocenters. The van der Waals surface area contributed by atoms with Crippen molar-refractivity contribution >= 4 is 27.3 Å². The number of anilines is 1. The first-order valence-electron chi connectivity index (χ1n) is 9.11. The molecule has 2 N–H and O–H groups in total. The number of sulfonamides is 1. The summed E-state index contributed by atoms with van der Waals surface area (Å²) in [5.41, 5.74) is 1.86. The van der Waals surface area contributed by atoms with Crippen LogP contribution in [0.3, 0.4) is 0 Å². The van der Waals surface area contributed by atoms with Gasteiger partial charge in [0.05, 0.1) is 28.6 Å². The topological polar surface area (TPSA) is 149 Å². The quantitative estimate of drug-likeness (QED) is 0.419. The molecular formula is C19H20N6O5S. The second-order valence-electron chi connectivity index (χ2n) is 6.91. The normalized spacial score (nSPS) is 12.2. The van der Waals surface area contributed by atoms with E-state index in [4.69, 9.17) is 0 Å². The highest BCUT2D eigenvalue weighted by atomic mass is 32.2. The number of benzene rings is 2. The lowest BCUT2D eigenvalue weighted by Gasteiger charge is -2.15. The molecule has 0 saturated heterocycles. The highest BCUT2D eigenvalue weighted by molar-refractivity contribution is 7.92. The van der Waals surface area contributed by atoms with Gasteiger partial charge in [0.15, 0.2) is 5.69 Å². The average molecular weight is 444 g/mol. The summed E-state index contributed by atoms with van der Waals surface area (Å²) in [5, 5.41) is 21.7. The van der Waals surface area contributed by atoms with Crippen LogP contribution in [0.15, 0.2) is 48.5 Å². The fraction of sp³-hybridized carbons (Fsp3) is 0.211. The van der Waals surface area contributed by atoms with Crippen molar-refractivity contribution in [2.75, 3.05) is 11.0 Å². The molecule has 0 radical (unpaired) electrons. The van der Waals surface area contributed by atoms with Gasteiger partial charge in [0.1, 0.15) is 0 Å². The number of amides is 1. The number of rotatable bonds is 7. The van der Waals surface area contributed by atoms with Crippen LogP contribution in [0.1, 0.15) is 34.7 Å². The Labute approximate surface area is 178 Å². The van der Waals surface area contributed by atoms with E-state index < -0.39 is 26.9 Å². The molecular weight excluding hydrogens is 424 g/mol. The van der Waals surface area contributed by atoms with Gasteiger partial charge in [-0.05, 0) is 37.6 Å². The zero-order valence-corrected chi connectivity index (χ0v) is 17.8. The summed E-state index contributed by atoms with van der Waals surface area (Å²) >= 11 is 0. The van der Waals surface area contributed by atoms with E-state index in [0.717, 1.165) is 6.26 Å². The van der Waals surface area contributed by atoms with Gasteiger partial charge >= 0.3 is 0 Å². The number of nitro groups is 1. The highest BCUT2D eigenvalue weighted by Gasteiger charge is 2.20. The summed E-state index contributed by atoms with van der Waals surface area (Å²) in [5.74, 6) is -0.483. The molecule has 1 amide bonds.